The van der Waals surface area contributed by atoms with E-state index in [1.165, 1.54) is 16.2 Å². The number of carbonyl (C=O) groups excluding carboxylic acids is 1. The van der Waals surface area contributed by atoms with Gasteiger partial charge < -0.3 is 15.0 Å². The molecule has 2 N–H and O–H groups in total. The van der Waals surface area contributed by atoms with Gasteiger partial charge in [0.25, 0.3) is 6.04 Å². The molecule has 3 heterocycles. The van der Waals surface area contributed by atoms with E-state index in [4.69, 9.17) is 17.0 Å². The number of morpholine rings is 1. The molecule has 5 nitrogen and oxygen atoms in total. The van der Waals surface area contributed by atoms with Crippen LogP contribution in [0.1, 0.15) is 15.7 Å². The minimum Gasteiger partial charge on any atom is -0.370 e. The van der Waals surface area contributed by atoms with Gasteiger partial charge in [-0.15, -0.1) is 11.3 Å². The Labute approximate surface area is 157 Å². The van der Waals surface area contributed by atoms with Gasteiger partial charge in [0.2, 0.25) is 5.78 Å². The number of hydrogen-bond acceptors (Lipinski definition) is 4. The second-order valence-electron chi connectivity index (χ2n) is 5.97. The van der Waals surface area contributed by atoms with Crippen LogP contribution in [-0.2, 0) is 4.74 Å². The Bertz CT molecular complexity index is 686. The Morgan fingerprint density at radius 1 is 1.28 bits per heavy atom. The molecule has 1 aliphatic heterocycles. The molecule has 132 valence electrons. The molecular weight excluding hydrogens is 354 g/mol. The predicted molar refractivity (Wildman–Crippen MR) is 101 cm³/mol. The van der Waals surface area contributed by atoms with Crippen LogP contribution in [0.15, 0.2) is 48.1 Å². The van der Waals surface area contributed by atoms with Crippen LogP contribution in [0.3, 0.4) is 0 Å². The standard InChI is InChI=1S/C18H21N3O2S2/c22-17(15-5-4-14-25-15)16(21-7-2-1-3-8-21)18(24)19-6-9-20-10-12-23-13-11-20/h1-5,7-8,14,16H,6,9-13H2/p+2/t16-/m0/s1. The van der Waals surface area contributed by atoms with Gasteiger partial charge >= 0.3 is 0 Å². The maximum atomic E-state index is 13.0. The molecular formula is C18H23N3O2S2+2. The molecule has 0 aromatic carbocycles. The lowest BCUT2D eigenvalue weighted by Gasteiger charge is -2.24. The Kier molecular flexibility index (Phi) is 6.63. The van der Waals surface area contributed by atoms with Gasteiger partial charge in [-0.3, -0.25) is 4.79 Å². The number of quaternary nitrogens is 1. The minimum atomic E-state index is -0.505. The van der Waals surface area contributed by atoms with Gasteiger partial charge in [-0.05, 0) is 11.4 Å². The molecule has 1 fully saturated rings. The molecule has 0 unspecified atom stereocenters. The number of thiophene rings is 1. The van der Waals surface area contributed by atoms with Crippen LogP contribution in [-0.4, -0.2) is 50.2 Å². The molecule has 0 bridgehead atoms. The van der Waals surface area contributed by atoms with Crippen LogP contribution in [0.25, 0.3) is 0 Å². The number of aromatic nitrogens is 1. The SMILES string of the molecule is O=C(c1cccs1)[C@@H](C(=S)NCC[NH+]1CCOCC1)[n+]1ccccc1. The fraction of sp³-hybridized carbons (Fsp3) is 0.389. The summed E-state index contributed by atoms with van der Waals surface area (Å²) in [6.07, 6.45) is 3.77. The van der Waals surface area contributed by atoms with E-state index in [-0.39, 0.29) is 5.78 Å². The maximum Gasteiger partial charge on any atom is 0.271 e. The van der Waals surface area contributed by atoms with Crippen LogP contribution >= 0.6 is 23.6 Å². The lowest BCUT2D eigenvalue weighted by molar-refractivity contribution is -0.906. The molecule has 1 atom stereocenters. The van der Waals surface area contributed by atoms with Gasteiger partial charge in [0.1, 0.15) is 13.1 Å². The zero-order valence-electron chi connectivity index (χ0n) is 14.0. The summed E-state index contributed by atoms with van der Waals surface area (Å²) in [6, 6.07) is 8.99. The molecule has 0 aliphatic carbocycles. The van der Waals surface area contributed by atoms with Crippen molar-refractivity contribution in [1.82, 2.24) is 5.32 Å². The molecule has 0 spiro atoms. The van der Waals surface area contributed by atoms with Gasteiger partial charge in [0, 0.05) is 12.1 Å². The van der Waals surface area contributed by atoms with Gasteiger partial charge in [-0.1, -0.05) is 24.4 Å². The van der Waals surface area contributed by atoms with Gasteiger partial charge in [-0.25, -0.2) is 0 Å². The number of carbonyl (C=O) groups is 1. The average Bonchev–Trinajstić information content (AvgIpc) is 3.18. The molecule has 0 saturated carbocycles. The topological polar surface area (TPSA) is 46.6 Å². The Morgan fingerprint density at radius 2 is 2.04 bits per heavy atom. The Hall–Kier alpha value is -1.67. The van der Waals surface area contributed by atoms with Crippen molar-refractivity contribution in [3.63, 3.8) is 0 Å². The highest BCUT2D eigenvalue weighted by atomic mass is 32.1. The van der Waals surface area contributed by atoms with E-state index < -0.39 is 6.04 Å². The number of Topliss-reactive ketones (excluding diaryl/α,β-unsaturated/α-hetero) is 1. The summed E-state index contributed by atoms with van der Waals surface area (Å²) in [4.78, 5) is 15.8. The summed E-state index contributed by atoms with van der Waals surface area (Å²) < 4.78 is 7.26. The summed E-state index contributed by atoms with van der Waals surface area (Å²) >= 11 is 7.04. The van der Waals surface area contributed by atoms with Crippen molar-refractivity contribution in [3.05, 3.63) is 53.0 Å². The first kappa shape index (κ1) is 18.1. The second kappa shape index (κ2) is 9.15. The number of pyridine rings is 1. The second-order valence-corrected chi connectivity index (χ2v) is 7.36. The van der Waals surface area contributed by atoms with Crippen molar-refractivity contribution < 1.29 is 19.0 Å². The van der Waals surface area contributed by atoms with Crippen LogP contribution < -0.4 is 14.8 Å². The summed E-state index contributed by atoms with van der Waals surface area (Å²) in [7, 11) is 0. The average molecular weight is 378 g/mol. The number of rotatable bonds is 7. The first-order valence-corrected chi connectivity index (χ1v) is 9.77. The van der Waals surface area contributed by atoms with E-state index in [0.717, 1.165) is 44.3 Å². The predicted octanol–water partition coefficient (Wildman–Crippen LogP) is 0.292. The summed E-state index contributed by atoms with van der Waals surface area (Å²) in [5.41, 5.74) is 0. The highest BCUT2D eigenvalue weighted by Gasteiger charge is 2.33. The first-order chi connectivity index (χ1) is 12.3. The number of ether oxygens (including phenoxy) is 1. The number of nitrogens with zero attached hydrogens (tertiary/aromatic N) is 1. The quantitative estimate of drug-likeness (QED) is 0.414. The van der Waals surface area contributed by atoms with Gasteiger partial charge in [-0.2, -0.15) is 4.57 Å². The highest BCUT2D eigenvalue weighted by molar-refractivity contribution is 7.80. The van der Waals surface area contributed by atoms with E-state index in [1.54, 1.807) is 0 Å². The fourth-order valence-corrected chi connectivity index (χ4v) is 3.92. The lowest BCUT2D eigenvalue weighted by atomic mass is 10.1. The zero-order chi connectivity index (χ0) is 17.5. The minimum absolute atomic E-state index is 0.0300. The third kappa shape index (κ3) is 4.92. The molecule has 2 aromatic heterocycles. The maximum absolute atomic E-state index is 13.0. The molecule has 7 heteroatoms. The van der Waals surface area contributed by atoms with Gasteiger partial charge in [0.05, 0.1) is 31.2 Å². The monoisotopic (exact) mass is 377 g/mol. The number of thiocarbonyl (C=S) groups is 1. The lowest BCUT2D eigenvalue weighted by Crippen LogP contribution is -3.14. The normalized spacial score (nSPS) is 16.3. The van der Waals surface area contributed by atoms with E-state index in [1.807, 2.05) is 52.7 Å². The Morgan fingerprint density at radius 3 is 2.72 bits per heavy atom. The van der Waals surface area contributed by atoms with E-state index in [0.29, 0.717) is 4.99 Å². The summed E-state index contributed by atoms with van der Waals surface area (Å²) in [5, 5.41) is 5.22. The van der Waals surface area contributed by atoms with E-state index >= 15 is 0 Å². The zero-order valence-corrected chi connectivity index (χ0v) is 15.7. The van der Waals surface area contributed by atoms with Crippen LogP contribution in [0.5, 0.6) is 0 Å². The number of hydrogen-bond donors (Lipinski definition) is 2. The van der Waals surface area contributed by atoms with Crippen molar-refractivity contribution >= 4 is 34.3 Å². The van der Waals surface area contributed by atoms with Crippen molar-refractivity contribution in [2.24, 2.45) is 0 Å². The molecule has 0 amide bonds. The molecule has 1 aliphatic rings. The summed E-state index contributed by atoms with van der Waals surface area (Å²) in [5.74, 6) is 0.0300. The molecule has 1 saturated heterocycles. The third-order valence-electron chi connectivity index (χ3n) is 4.28. The molecule has 3 rings (SSSR count). The third-order valence-corrected chi connectivity index (χ3v) is 5.53. The van der Waals surface area contributed by atoms with Gasteiger partial charge in [0.15, 0.2) is 17.4 Å². The van der Waals surface area contributed by atoms with Crippen molar-refractivity contribution in [2.75, 3.05) is 39.4 Å². The van der Waals surface area contributed by atoms with Crippen LogP contribution in [0.2, 0.25) is 0 Å². The molecule has 2 aromatic rings. The van der Waals surface area contributed by atoms with Crippen molar-refractivity contribution in [2.45, 2.75) is 6.04 Å². The smallest absolute Gasteiger partial charge is 0.271 e. The van der Waals surface area contributed by atoms with E-state index in [2.05, 4.69) is 5.32 Å². The number of ketones is 1. The fourth-order valence-electron chi connectivity index (χ4n) is 2.90. The number of nitrogens with one attached hydrogen (secondary N) is 2. The highest BCUT2D eigenvalue weighted by Crippen LogP contribution is 2.16. The first-order valence-electron chi connectivity index (χ1n) is 8.48. The molecule has 25 heavy (non-hydrogen) atoms. The van der Waals surface area contributed by atoms with Crippen LogP contribution in [0, 0.1) is 0 Å². The van der Waals surface area contributed by atoms with E-state index in [9.17, 15) is 4.79 Å². The van der Waals surface area contributed by atoms with Crippen LogP contribution in [0.4, 0.5) is 0 Å². The van der Waals surface area contributed by atoms with Crippen molar-refractivity contribution in [3.8, 4) is 0 Å². The summed E-state index contributed by atoms with van der Waals surface area (Å²) in [6.45, 7) is 5.43. The Balaban J connectivity index is 1.66. The molecule has 0 radical (unpaired) electrons. The largest absolute Gasteiger partial charge is 0.370 e. The van der Waals surface area contributed by atoms with Crippen molar-refractivity contribution in [1.29, 1.82) is 0 Å².